The molecule has 0 fully saturated rings. The van der Waals surface area contributed by atoms with Gasteiger partial charge in [-0.25, -0.2) is 4.79 Å². The number of hydrogen-bond donors (Lipinski definition) is 2. The monoisotopic (exact) mass is 354 g/mol. The second kappa shape index (κ2) is 11.7. The van der Waals surface area contributed by atoms with Crippen molar-refractivity contribution in [2.75, 3.05) is 44.9 Å². The van der Waals surface area contributed by atoms with Gasteiger partial charge in [0.1, 0.15) is 18.0 Å². The first-order chi connectivity index (χ1) is 11.9. The summed E-state index contributed by atoms with van der Waals surface area (Å²) in [5, 5.41) is 2.67. The van der Waals surface area contributed by atoms with Gasteiger partial charge < -0.3 is 24.7 Å². The minimum absolute atomic E-state index is 0.446. The fourth-order valence-corrected chi connectivity index (χ4v) is 1.78. The highest BCUT2D eigenvalue weighted by Crippen LogP contribution is 2.17. The molecule has 7 heteroatoms. The molecule has 1 rings (SSSR count). The van der Waals surface area contributed by atoms with Gasteiger partial charge in [0, 0.05) is 12.3 Å². The van der Waals surface area contributed by atoms with Crippen LogP contribution < -0.4 is 15.8 Å². The van der Waals surface area contributed by atoms with Gasteiger partial charge in [-0.2, -0.15) is 0 Å². The zero-order chi connectivity index (χ0) is 18.5. The van der Waals surface area contributed by atoms with E-state index in [1.165, 1.54) is 0 Å². The van der Waals surface area contributed by atoms with Gasteiger partial charge in [-0.1, -0.05) is 0 Å². The Morgan fingerprint density at radius 3 is 2.20 bits per heavy atom. The molecule has 0 spiro atoms. The van der Waals surface area contributed by atoms with Crippen molar-refractivity contribution < 1.29 is 23.7 Å². The van der Waals surface area contributed by atoms with Gasteiger partial charge >= 0.3 is 6.09 Å². The van der Waals surface area contributed by atoms with Gasteiger partial charge in [-0.05, 0) is 58.0 Å². The molecule has 7 nitrogen and oxygen atoms in total. The van der Waals surface area contributed by atoms with Crippen LogP contribution in [0.15, 0.2) is 24.3 Å². The molecule has 3 N–H and O–H groups in total. The lowest BCUT2D eigenvalue weighted by Gasteiger charge is -2.19. The smallest absolute Gasteiger partial charge is 0.412 e. The molecule has 0 aliphatic carbocycles. The molecule has 1 aromatic rings. The van der Waals surface area contributed by atoms with Crippen molar-refractivity contribution >= 4 is 11.8 Å². The number of amides is 1. The third-order valence-electron chi connectivity index (χ3n) is 2.86. The summed E-state index contributed by atoms with van der Waals surface area (Å²) in [6, 6.07) is 7.07. The van der Waals surface area contributed by atoms with Crippen molar-refractivity contribution in [3.8, 4) is 5.75 Å². The zero-order valence-corrected chi connectivity index (χ0v) is 15.4. The molecule has 1 amide bonds. The summed E-state index contributed by atoms with van der Waals surface area (Å²) in [5.74, 6) is 0.706. The van der Waals surface area contributed by atoms with Crippen molar-refractivity contribution in [3.05, 3.63) is 24.3 Å². The van der Waals surface area contributed by atoms with Gasteiger partial charge in [0.2, 0.25) is 0 Å². The summed E-state index contributed by atoms with van der Waals surface area (Å²) in [5.41, 5.74) is 5.49. The Morgan fingerprint density at radius 2 is 1.60 bits per heavy atom. The van der Waals surface area contributed by atoms with Crippen LogP contribution in [0.3, 0.4) is 0 Å². The molecule has 0 aromatic heterocycles. The third kappa shape index (κ3) is 11.4. The first kappa shape index (κ1) is 21.2. The van der Waals surface area contributed by atoms with Crippen LogP contribution in [-0.4, -0.2) is 51.3 Å². The number of ether oxygens (including phenoxy) is 4. The van der Waals surface area contributed by atoms with Gasteiger partial charge in [0.05, 0.1) is 19.8 Å². The molecule has 0 aliphatic heterocycles. The van der Waals surface area contributed by atoms with Crippen LogP contribution in [-0.2, 0) is 14.2 Å². The van der Waals surface area contributed by atoms with Gasteiger partial charge in [-0.15, -0.1) is 0 Å². The first-order valence-electron chi connectivity index (χ1n) is 8.49. The number of nitrogens with two attached hydrogens (primary N) is 1. The van der Waals surface area contributed by atoms with Crippen molar-refractivity contribution in [2.45, 2.75) is 32.8 Å². The van der Waals surface area contributed by atoms with E-state index in [-0.39, 0.29) is 0 Å². The maximum atomic E-state index is 11.7. The van der Waals surface area contributed by atoms with Crippen LogP contribution in [0.4, 0.5) is 10.5 Å². The Kier molecular flexibility index (Phi) is 9.91. The second-order valence-electron chi connectivity index (χ2n) is 6.37. The number of carbonyl (C=O) groups excluding carboxylic acids is 1. The molecule has 142 valence electrons. The van der Waals surface area contributed by atoms with Crippen molar-refractivity contribution in [2.24, 2.45) is 5.73 Å². The molecule has 0 bridgehead atoms. The van der Waals surface area contributed by atoms with E-state index in [0.717, 1.165) is 6.42 Å². The van der Waals surface area contributed by atoms with E-state index in [1.54, 1.807) is 24.3 Å². The molecular weight excluding hydrogens is 324 g/mol. The lowest BCUT2D eigenvalue weighted by molar-refractivity contribution is 0.0361. The Hall–Kier alpha value is -1.83. The van der Waals surface area contributed by atoms with E-state index in [2.05, 4.69) is 5.32 Å². The predicted molar refractivity (Wildman–Crippen MR) is 97.1 cm³/mol. The van der Waals surface area contributed by atoms with E-state index in [0.29, 0.717) is 51.0 Å². The Bertz CT molecular complexity index is 485. The largest absolute Gasteiger partial charge is 0.491 e. The summed E-state index contributed by atoms with van der Waals surface area (Å²) in [6.07, 6.45) is 0.380. The van der Waals surface area contributed by atoms with Gasteiger partial charge in [-0.3, -0.25) is 5.32 Å². The van der Waals surface area contributed by atoms with E-state index in [1.807, 2.05) is 20.8 Å². The topological polar surface area (TPSA) is 92.0 Å². The molecule has 25 heavy (non-hydrogen) atoms. The highest BCUT2D eigenvalue weighted by atomic mass is 16.6. The molecule has 1 aromatic carbocycles. The number of carbonyl (C=O) groups is 1. The number of benzene rings is 1. The van der Waals surface area contributed by atoms with Crippen LogP contribution in [0, 0.1) is 0 Å². The highest BCUT2D eigenvalue weighted by molar-refractivity contribution is 5.84. The van der Waals surface area contributed by atoms with E-state index in [9.17, 15) is 4.79 Å². The van der Waals surface area contributed by atoms with Crippen LogP contribution in [0.25, 0.3) is 0 Å². The number of nitrogens with one attached hydrogen (secondary N) is 1. The maximum absolute atomic E-state index is 11.7. The van der Waals surface area contributed by atoms with Crippen LogP contribution in [0.5, 0.6) is 5.75 Å². The normalized spacial score (nSPS) is 11.2. The summed E-state index contributed by atoms with van der Waals surface area (Å²) in [6.45, 7) is 8.78. The summed E-state index contributed by atoms with van der Waals surface area (Å²) >= 11 is 0. The molecule has 0 aliphatic rings. The Labute approximate surface area is 149 Å². The highest BCUT2D eigenvalue weighted by Gasteiger charge is 2.16. The van der Waals surface area contributed by atoms with Gasteiger partial charge in [0.25, 0.3) is 0 Å². The second-order valence-corrected chi connectivity index (χ2v) is 6.37. The molecule has 0 heterocycles. The summed E-state index contributed by atoms with van der Waals surface area (Å²) < 4.78 is 21.5. The van der Waals surface area contributed by atoms with E-state index >= 15 is 0 Å². The quantitative estimate of drug-likeness (QED) is 0.594. The Morgan fingerprint density at radius 1 is 1.00 bits per heavy atom. The van der Waals surface area contributed by atoms with E-state index in [4.69, 9.17) is 24.7 Å². The van der Waals surface area contributed by atoms with E-state index < -0.39 is 11.7 Å². The van der Waals surface area contributed by atoms with Crippen LogP contribution >= 0.6 is 0 Å². The third-order valence-corrected chi connectivity index (χ3v) is 2.86. The number of hydrogen-bond acceptors (Lipinski definition) is 6. The fraction of sp³-hybridized carbons (Fsp3) is 0.611. The fourth-order valence-electron chi connectivity index (χ4n) is 1.78. The molecule has 0 radical (unpaired) electrons. The standard InChI is InChI=1S/C18H30N2O5/c1-18(2,3)25-17(21)20-15-5-7-16(8-6-15)24-14-13-23-12-11-22-10-4-9-19/h5-8H,4,9-14,19H2,1-3H3,(H,20,21). The van der Waals surface area contributed by atoms with Crippen molar-refractivity contribution in [1.29, 1.82) is 0 Å². The van der Waals surface area contributed by atoms with Crippen molar-refractivity contribution in [1.82, 2.24) is 0 Å². The molecular formula is C18H30N2O5. The molecule has 0 saturated carbocycles. The van der Waals surface area contributed by atoms with Crippen LogP contribution in [0.2, 0.25) is 0 Å². The first-order valence-corrected chi connectivity index (χ1v) is 8.49. The molecule has 0 saturated heterocycles. The number of rotatable bonds is 11. The van der Waals surface area contributed by atoms with Gasteiger partial charge in [0.15, 0.2) is 0 Å². The number of anilines is 1. The zero-order valence-electron chi connectivity index (χ0n) is 15.4. The lowest BCUT2D eigenvalue weighted by atomic mass is 10.2. The van der Waals surface area contributed by atoms with Crippen LogP contribution in [0.1, 0.15) is 27.2 Å². The maximum Gasteiger partial charge on any atom is 0.412 e. The SMILES string of the molecule is CC(C)(C)OC(=O)Nc1ccc(OCCOCCOCCCN)cc1. The molecule has 0 atom stereocenters. The molecule has 0 unspecified atom stereocenters. The summed E-state index contributed by atoms with van der Waals surface area (Å²) in [7, 11) is 0. The predicted octanol–water partition coefficient (Wildman–Crippen LogP) is 2.79. The van der Waals surface area contributed by atoms with Crippen molar-refractivity contribution in [3.63, 3.8) is 0 Å². The average Bonchev–Trinajstić information content (AvgIpc) is 2.53. The summed E-state index contributed by atoms with van der Waals surface area (Å²) in [4.78, 5) is 11.7. The lowest BCUT2D eigenvalue weighted by Crippen LogP contribution is -2.27. The average molecular weight is 354 g/mol. The Balaban J connectivity index is 2.15. The minimum Gasteiger partial charge on any atom is -0.491 e. The minimum atomic E-state index is -0.525.